The molecule has 0 amide bonds. The van der Waals surface area contributed by atoms with E-state index in [1.54, 1.807) is 25.1 Å². The quantitative estimate of drug-likeness (QED) is 0.886. The van der Waals surface area contributed by atoms with Crippen LogP contribution in [0.3, 0.4) is 0 Å². The Hall–Kier alpha value is -1.11. The van der Waals surface area contributed by atoms with Crippen molar-refractivity contribution in [1.82, 2.24) is 4.98 Å². The Morgan fingerprint density at radius 1 is 1.33 bits per heavy atom. The highest BCUT2D eigenvalue weighted by molar-refractivity contribution is 7.94. The summed E-state index contributed by atoms with van der Waals surface area (Å²) in [5.41, 5.74) is 1.13. The van der Waals surface area contributed by atoms with Crippen LogP contribution in [-0.4, -0.2) is 13.4 Å². The lowest BCUT2D eigenvalue weighted by Gasteiger charge is -2.07. The number of rotatable bonds is 3. The molecule has 0 radical (unpaired) electrons. The maximum atomic E-state index is 12.0. The minimum absolute atomic E-state index is 0.285. The van der Waals surface area contributed by atoms with Crippen LogP contribution in [0.2, 0.25) is 5.15 Å². The first-order chi connectivity index (χ1) is 8.38. The summed E-state index contributed by atoms with van der Waals surface area (Å²) in [5, 5.41) is 0.366. The van der Waals surface area contributed by atoms with E-state index in [1.807, 2.05) is 6.92 Å². The summed E-state index contributed by atoms with van der Waals surface area (Å²) in [4.78, 5) is 4.85. The number of aryl methyl sites for hydroxylation is 2. The van der Waals surface area contributed by atoms with Crippen molar-refractivity contribution in [1.29, 1.82) is 0 Å². The number of thiophene rings is 1. The SMILES string of the molecule is Cc1ccc(S(=O)(=O)Nc2cnc(Cl)c(C)c2)s1. The third kappa shape index (κ3) is 2.82. The summed E-state index contributed by atoms with van der Waals surface area (Å²) >= 11 is 7.01. The van der Waals surface area contributed by atoms with Crippen LogP contribution in [0.15, 0.2) is 28.6 Å². The lowest BCUT2D eigenvalue weighted by atomic mass is 10.3. The summed E-state index contributed by atoms with van der Waals surface area (Å²) in [7, 11) is -3.54. The predicted molar refractivity (Wildman–Crippen MR) is 73.8 cm³/mol. The van der Waals surface area contributed by atoms with Gasteiger partial charge in [-0.25, -0.2) is 13.4 Å². The maximum absolute atomic E-state index is 12.0. The highest BCUT2D eigenvalue weighted by Gasteiger charge is 2.16. The molecule has 1 N–H and O–H groups in total. The van der Waals surface area contributed by atoms with E-state index in [4.69, 9.17) is 11.6 Å². The smallest absolute Gasteiger partial charge is 0.271 e. The molecule has 0 fully saturated rings. The van der Waals surface area contributed by atoms with E-state index in [9.17, 15) is 8.42 Å². The molecule has 0 unspecified atom stereocenters. The van der Waals surface area contributed by atoms with Crippen molar-refractivity contribution in [2.75, 3.05) is 4.72 Å². The first-order valence-electron chi connectivity index (χ1n) is 5.10. The fraction of sp³-hybridized carbons (Fsp3) is 0.182. The van der Waals surface area contributed by atoms with Crippen LogP contribution in [0.4, 0.5) is 5.69 Å². The van der Waals surface area contributed by atoms with Gasteiger partial charge in [-0.3, -0.25) is 4.72 Å². The molecule has 0 bridgehead atoms. The molecule has 0 saturated carbocycles. The number of halogens is 1. The fourth-order valence-electron chi connectivity index (χ4n) is 1.38. The van der Waals surface area contributed by atoms with Crippen molar-refractivity contribution in [3.05, 3.63) is 40.0 Å². The molecule has 7 heteroatoms. The molecular formula is C11H11ClN2O2S2. The molecule has 2 rings (SSSR count). The van der Waals surface area contributed by atoms with Gasteiger partial charge in [-0.2, -0.15) is 0 Å². The number of sulfonamides is 1. The highest BCUT2D eigenvalue weighted by Crippen LogP contribution is 2.24. The number of aromatic nitrogens is 1. The Morgan fingerprint density at radius 2 is 2.06 bits per heavy atom. The largest absolute Gasteiger partial charge is 0.277 e. The molecule has 0 aromatic carbocycles. The molecule has 2 heterocycles. The van der Waals surface area contributed by atoms with Gasteiger partial charge in [0.1, 0.15) is 9.36 Å². The first kappa shape index (κ1) is 13.3. The molecule has 0 aliphatic heterocycles. The molecular weight excluding hydrogens is 292 g/mol. The van der Waals surface area contributed by atoms with Crippen molar-refractivity contribution < 1.29 is 8.42 Å². The normalized spacial score (nSPS) is 11.5. The van der Waals surface area contributed by atoms with Gasteiger partial charge in [0.15, 0.2) is 0 Å². The second-order valence-corrected chi connectivity index (χ2v) is 7.36. The van der Waals surface area contributed by atoms with E-state index < -0.39 is 10.0 Å². The number of hydrogen-bond acceptors (Lipinski definition) is 4. The average molecular weight is 303 g/mol. The standard InChI is InChI=1S/C11H11ClN2O2S2/c1-7-5-9(6-13-11(7)12)14-18(15,16)10-4-3-8(2)17-10/h3-6,14H,1-2H3. The summed E-state index contributed by atoms with van der Waals surface area (Å²) in [5.74, 6) is 0. The van der Waals surface area contributed by atoms with Crippen LogP contribution in [0.5, 0.6) is 0 Å². The molecule has 18 heavy (non-hydrogen) atoms. The molecule has 96 valence electrons. The molecule has 0 saturated heterocycles. The monoisotopic (exact) mass is 302 g/mol. The summed E-state index contributed by atoms with van der Waals surface area (Å²) in [6, 6.07) is 5.00. The van der Waals surface area contributed by atoms with E-state index in [1.165, 1.54) is 17.5 Å². The Bertz CT molecular complexity index is 680. The zero-order valence-corrected chi connectivity index (χ0v) is 12.2. The Morgan fingerprint density at radius 3 is 2.61 bits per heavy atom. The second kappa shape index (κ2) is 4.87. The zero-order valence-electron chi connectivity index (χ0n) is 9.77. The van der Waals surface area contributed by atoms with Gasteiger partial charge in [0.25, 0.3) is 10.0 Å². The number of hydrogen-bond donors (Lipinski definition) is 1. The van der Waals surface area contributed by atoms with Crippen molar-refractivity contribution in [2.45, 2.75) is 18.1 Å². The van der Waals surface area contributed by atoms with Gasteiger partial charge in [0.05, 0.1) is 11.9 Å². The highest BCUT2D eigenvalue weighted by atomic mass is 35.5. The Balaban J connectivity index is 2.30. The minimum Gasteiger partial charge on any atom is -0.277 e. The van der Waals surface area contributed by atoms with Crippen molar-refractivity contribution in [3.63, 3.8) is 0 Å². The van der Waals surface area contributed by atoms with E-state index >= 15 is 0 Å². The Kier molecular flexibility index (Phi) is 3.61. The topological polar surface area (TPSA) is 59.1 Å². The first-order valence-corrected chi connectivity index (χ1v) is 7.77. The number of anilines is 1. The van der Waals surface area contributed by atoms with Gasteiger partial charge >= 0.3 is 0 Å². The number of nitrogens with one attached hydrogen (secondary N) is 1. The number of nitrogens with zero attached hydrogens (tertiary/aromatic N) is 1. The van der Waals surface area contributed by atoms with Crippen LogP contribution in [0, 0.1) is 13.8 Å². The summed E-state index contributed by atoms with van der Waals surface area (Å²) in [6.07, 6.45) is 1.40. The fourth-order valence-corrected chi connectivity index (χ4v) is 3.80. The molecule has 2 aromatic heterocycles. The molecule has 0 atom stereocenters. The second-order valence-electron chi connectivity index (χ2n) is 3.80. The van der Waals surface area contributed by atoms with Gasteiger partial charge in [-0.1, -0.05) is 11.6 Å². The van der Waals surface area contributed by atoms with E-state index in [-0.39, 0.29) is 4.21 Å². The molecule has 0 spiro atoms. The lowest BCUT2D eigenvalue weighted by molar-refractivity contribution is 0.603. The van der Waals surface area contributed by atoms with Crippen LogP contribution < -0.4 is 4.72 Å². The number of pyridine rings is 1. The van der Waals surface area contributed by atoms with Gasteiger partial charge in [-0.05, 0) is 37.6 Å². The van der Waals surface area contributed by atoms with Crippen molar-refractivity contribution >= 4 is 38.6 Å². The third-order valence-electron chi connectivity index (χ3n) is 2.25. The summed E-state index contributed by atoms with van der Waals surface area (Å²) in [6.45, 7) is 3.63. The van der Waals surface area contributed by atoms with E-state index in [2.05, 4.69) is 9.71 Å². The lowest BCUT2D eigenvalue weighted by Crippen LogP contribution is -2.11. The Labute approximate surface area is 115 Å². The van der Waals surface area contributed by atoms with Crippen molar-refractivity contribution in [2.24, 2.45) is 0 Å². The van der Waals surface area contributed by atoms with Gasteiger partial charge < -0.3 is 0 Å². The van der Waals surface area contributed by atoms with Crippen LogP contribution >= 0.6 is 22.9 Å². The van der Waals surface area contributed by atoms with E-state index in [0.717, 1.165) is 10.4 Å². The third-order valence-corrected chi connectivity index (χ3v) is 5.52. The summed E-state index contributed by atoms with van der Waals surface area (Å²) < 4.78 is 26.9. The van der Waals surface area contributed by atoms with Gasteiger partial charge in [-0.15, -0.1) is 11.3 Å². The molecule has 0 aliphatic rings. The van der Waals surface area contributed by atoms with Crippen molar-refractivity contribution in [3.8, 4) is 0 Å². The van der Waals surface area contributed by atoms with Crippen LogP contribution in [0.25, 0.3) is 0 Å². The van der Waals surface area contributed by atoms with Crippen LogP contribution in [0.1, 0.15) is 10.4 Å². The van der Waals surface area contributed by atoms with Gasteiger partial charge in [0.2, 0.25) is 0 Å². The molecule has 4 nitrogen and oxygen atoms in total. The zero-order chi connectivity index (χ0) is 13.3. The molecule has 0 aliphatic carbocycles. The van der Waals surface area contributed by atoms with Crippen LogP contribution in [-0.2, 0) is 10.0 Å². The van der Waals surface area contributed by atoms with Gasteiger partial charge in [0, 0.05) is 4.88 Å². The molecule has 2 aromatic rings. The predicted octanol–water partition coefficient (Wildman–Crippen LogP) is 3.21. The van der Waals surface area contributed by atoms with E-state index in [0.29, 0.717) is 10.8 Å². The minimum atomic E-state index is -3.54. The maximum Gasteiger partial charge on any atom is 0.271 e. The average Bonchev–Trinajstić information content (AvgIpc) is 2.71.